The van der Waals surface area contributed by atoms with E-state index in [4.69, 9.17) is 4.74 Å². The number of ether oxygens (including phenoxy) is 1. The molecular weight excluding hydrogens is 276 g/mol. The highest BCUT2D eigenvalue weighted by atomic mass is 32.1. The number of methoxy groups -OCH3 is 1. The second kappa shape index (κ2) is 5.34. The van der Waals surface area contributed by atoms with Crippen molar-refractivity contribution < 1.29 is 9.53 Å². The number of nitrogens with zero attached hydrogens (tertiary/aromatic N) is 4. The van der Waals surface area contributed by atoms with E-state index in [-0.39, 0.29) is 11.9 Å². The highest BCUT2D eigenvalue weighted by Crippen LogP contribution is 2.30. The van der Waals surface area contributed by atoms with E-state index in [0.29, 0.717) is 13.2 Å². The lowest BCUT2D eigenvalue weighted by Crippen LogP contribution is -2.42. The predicted molar refractivity (Wildman–Crippen MR) is 74.7 cm³/mol. The maximum Gasteiger partial charge on any atom is 0.264 e. The molecule has 0 radical (unpaired) electrons. The van der Waals surface area contributed by atoms with Crippen LogP contribution >= 0.6 is 11.3 Å². The lowest BCUT2D eigenvalue weighted by molar-refractivity contribution is 0.0495. The van der Waals surface area contributed by atoms with Gasteiger partial charge in [0.2, 0.25) is 0 Å². The van der Waals surface area contributed by atoms with Crippen LogP contribution in [0.2, 0.25) is 0 Å². The molecule has 1 aliphatic heterocycles. The number of hydrogen-bond donors (Lipinski definition) is 0. The van der Waals surface area contributed by atoms with Crippen LogP contribution in [0.5, 0.6) is 0 Å². The predicted octanol–water partition coefficient (Wildman–Crippen LogP) is 1.26. The van der Waals surface area contributed by atoms with Crippen molar-refractivity contribution in [3.8, 4) is 0 Å². The van der Waals surface area contributed by atoms with E-state index in [1.54, 1.807) is 11.8 Å². The van der Waals surface area contributed by atoms with Crippen molar-refractivity contribution in [2.75, 3.05) is 20.3 Å². The summed E-state index contributed by atoms with van der Waals surface area (Å²) < 4.78 is 7.06. The normalized spacial score (nSPS) is 18.1. The number of aromatic nitrogens is 3. The zero-order valence-electron chi connectivity index (χ0n) is 11.4. The standard InChI is InChI=1S/C13H16N4O2S/c1-16-9-5-6-17(13(18)11-4-3-7-20-11)10(8-19-2)12(9)14-15-16/h3-4,7,10H,5-6,8H2,1-2H3/t10-/m0/s1. The lowest BCUT2D eigenvalue weighted by atomic mass is 10.0. The minimum absolute atomic E-state index is 0.0401. The molecule has 3 rings (SSSR count). The van der Waals surface area contributed by atoms with Crippen molar-refractivity contribution in [3.05, 3.63) is 33.8 Å². The first-order chi connectivity index (χ1) is 9.72. The summed E-state index contributed by atoms with van der Waals surface area (Å²) >= 11 is 1.46. The molecule has 106 valence electrons. The van der Waals surface area contributed by atoms with Gasteiger partial charge in [0.05, 0.1) is 17.2 Å². The first kappa shape index (κ1) is 13.3. The third-order valence-corrected chi connectivity index (χ3v) is 4.43. The Morgan fingerprint density at radius 3 is 3.15 bits per heavy atom. The number of aryl methyl sites for hydroxylation is 1. The number of carbonyl (C=O) groups excluding carboxylic acids is 1. The van der Waals surface area contributed by atoms with Crippen LogP contribution in [0.4, 0.5) is 0 Å². The van der Waals surface area contributed by atoms with Crippen LogP contribution in [0.15, 0.2) is 17.5 Å². The Balaban J connectivity index is 1.94. The average Bonchev–Trinajstić information content (AvgIpc) is 3.09. The molecule has 1 aliphatic rings. The van der Waals surface area contributed by atoms with Gasteiger partial charge in [-0.3, -0.25) is 9.48 Å². The van der Waals surface area contributed by atoms with Crippen molar-refractivity contribution in [1.29, 1.82) is 0 Å². The van der Waals surface area contributed by atoms with Gasteiger partial charge in [0.1, 0.15) is 11.7 Å². The molecule has 0 N–H and O–H groups in total. The van der Waals surface area contributed by atoms with Gasteiger partial charge in [0.25, 0.3) is 5.91 Å². The Kier molecular flexibility index (Phi) is 3.54. The summed E-state index contributed by atoms with van der Waals surface area (Å²) in [6.07, 6.45) is 0.774. The highest BCUT2D eigenvalue weighted by Gasteiger charge is 2.35. The van der Waals surface area contributed by atoms with Crippen molar-refractivity contribution in [2.24, 2.45) is 7.05 Å². The van der Waals surface area contributed by atoms with Gasteiger partial charge in [-0.05, 0) is 11.4 Å². The molecule has 0 spiro atoms. The van der Waals surface area contributed by atoms with Crippen molar-refractivity contribution >= 4 is 17.2 Å². The summed E-state index contributed by atoms with van der Waals surface area (Å²) in [6.45, 7) is 1.10. The summed E-state index contributed by atoms with van der Waals surface area (Å²) in [7, 11) is 3.52. The molecule has 1 atom stereocenters. The SMILES string of the molecule is COC[C@H]1c2nnn(C)c2CCN1C(=O)c1cccs1. The summed E-state index contributed by atoms with van der Waals surface area (Å²) in [4.78, 5) is 15.2. The van der Waals surface area contributed by atoms with Crippen LogP contribution in [0.3, 0.4) is 0 Å². The fourth-order valence-corrected chi connectivity index (χ4v) is 3.26. The van der Waals surface area contributed by atoms with Gasteiger partial charge < -0.3 is 9.64 Å². The molecule has 7 heteroatoms. The summed E-state index contributed by atoms with van der Waals surface area (Å²) in [6, 6.07) is 3.58. The monoisotopic (exact) mass is 292 g/mol. The van der Waals surface area contributed by atoms with Gasteiger partial charge in [0.15, 0.2) is 0 Å². The zero-order valence-corrected chi connectivity index (χ0v) is 12.3. The Morgan fingerprint density at radius 2 is 2.45 bits per heavy atom. The fraction of sp³-hybridized carbons (Fsp3) is 0.462. The van der Waals surface area contributed by atoms with Gasteiger partial charge in [-0.25, -0.2) is 0 Å². The van der Waals surface area contributed by atoms with Crippen molar-refractivity contribution in [2.45, 2.75) is 12.5 Å². The maximum absolute atomic E-state index is 12.6. The topological polar surface area (TPSA) is 60.3 Å². The molecule has 0 unspecified atom stereocenters. The molecule has 20 heavy (non-hydrogen) atoms. The summed E-state index contributed by atoms with van der Waals surface area (Å²) in [5, 5.41) is 10.2. The molecule has 0 bridgehead atoms. The first-order valence-corrected chi connectivity index (χ1v) is 7.32. The molecule has 2 aromatic rings. The van der Waals surface area contributed by atoms with Crippen LogP contribution < -0.4 is 0 Å². The van der Waals surface area contributed by atoms with E-state index in [1.807, 2.05) is 29.5 Å². The van der Waals surface area contributed by atoms with Gasteiger partial charge in [-0.2, -0.15) is 0 Å². The number of carbonyl (C=O) groups is 1. The molecule has 0 saturated heterocycles. The second-order valence-corrected chi connectivity index (χ2v) is 5.69. The molecule has 0 aliphatic carbocycles. The Morgan fingerprint density at radius 1 is 1.60 bits per heavy atom. The number of thiophene rings is 1. The van der Waals surface area contributed by atoms with E-state index >= 15 is 0 Å². The number of hydrogen-bond acceptors (Lipinski definition) is 5. The molecule has 0 saturated carbocycles. The van der Waals surface area contributed by atoms with Crippen LogP contribution in [-0.2, 0) is 18.2 Å². The highest BCUT2D eigenvalue weighted by molar-refractivity contribution is 7.12. The molecule has 0 aromatic carbocycles. The molecule has 3 heterocycles. The van der Waals surface area contributed by atoms with Gasteiger partial charge in [-0.15, -0.1) is 16.4 Å². The Hall–Kier alpha value is -1.73. The average molecular weight is 292 g/mol. The maximum atomic E-state index is 12.6. The van der Waals surface area contributed by atoms with E-state index in [0.717, 1.165) is 22.7 Å². The lowest BCUT2D eigenvalue weighted by Gasteiger charge is -2.34. The van der Waals surface area contributed by atoms with Crippen molar-refractivity contribution in [3.63, 3.8) is 0 Å². The third-order valence-electron chi connectivity index (χ3n) is 3.57. The number of fused-ring (bicyclic) bond motifs is 1. The number of amides is 1. The molecule has 0 fully saturated rings. The summed E-state index contributed by atoms with van der Waals surface area (Å²) in [5.74, 6) is 0.0401. The quantitative estimate of drug-likeness (QED) is 0.854. The van der Waals surface area contributed by atoms with E-state index in [2.05, 4.69) is 10.3 Å². The summed E-state index contributed by atoms with van der Waals surface area (Å²) in [5.41, 5.74) is 1.94. The molecule has 2 aromatic heterocycles. The Labute approximate surface area is 121 Å². The smallest absolute Gasteiger partial charge is 0.264 e. The fourth-order valence-electron chi connectivity index (χ4n) is 2.58. The second-order valence-electron chi connectivity index (χ2n) is 4.74. The minimum atomic E-state index is -0.160. The van der Waals surface area contributed by atoms with E-state index < -0.39 is 0 Å². The van der Waals surface area contributed by atoms with Gasteiger partial charge >= 0.3 is 0 Å². The van der Waals surface area contributed by atoms with Crippen LogP contribution in [0.1, 0.15) is 27.1 Å². The van der Waals surface area contributed by atoms with Gasteiger partial charge in [-0.1, -0.05) is 11.3 Å². The number of rotatable bonds is 3. The largest absolute Gasteiger partial charge is 0.382 e. The third kappa shape index (κ3) is 2.12. The molecular formula is C13H16N4O2S. The minimum Gasteiger partial charge on any atom is -0.382 e. The van der Waals surface area contributed by atoms with Crippen LogP contribution in [0.25, 0.3) is 0 Å². The van der Waals surface area contributed by atoms with Crippen LogP contribution in [-0.4, -0.2) is 46.1 Å². The first-order valence-electron chi connectivity index (χ1n) is 6.44. The van der Waals surface area contributed by atoms with Gasteiger partial charge in [0, 0.05) is 27.1 Å². The molecule has 1 amide bonds. The van der Waals surface area contributed by atoms with Crippen molar-refractivity contribution in [1.82, 2.24) is 19.9 Å². The molecule has 6 nitrogen and oxygen atoms in total. The van der Waals surface area contributed by atoms with Crippen LogP contribution in [0, 0.1) is 0 Å². The zero-order chi connectivity index (χ0) is 14.1. The van der Waals surface area contributed by atoms with E-state index in [9.17, 15) is 4.79 Å². The Bertz CT molecular complexity index is 608. The van der Waals surface area contributed by atoms with E-state index in [1.165, 1.54) is 11.3 Å².